The Morgan fingerprint density at radius 2 is 1.96 bits per heavy atom. The molecule has 1 aliphatic carbocycles. The van der Waals surface area contributed by atoms with Crippen LogP contribution in [0.2, 0.25) is 0 Å². The van der Waals surface area contributed by atoms with E-state index in [4.69, 9.17) is 5.11 Å². The first-order chi connectivity index (χ1) is 11.8. The first-order valence-electron chi connectivity index (χ1n) is 7.58. The van der Waals surface area contributed by atoms with Gasteiger partial charge in [0.1, 0.15) is 0 Å². The lowest BCUT2D eigenvalue weighted by Gasteiger charge is -2.16. The Labute approximate surface area is 146 Å². The second-order valence-corrected chi connectivity index (χ2v) is 6.58. The monoisotopic (exact) mass is 365 g/mol. The molecule has 1 heterocycles. The standard InChI is InChI=1S/C18H14F3NO2S/c19-18(20,21)14-4-2-1-3-13(14)15-10-25-16(22-15)9-11-5-7-12(8-6-11)17(23)24/h2,4-8,10H,1,3,9H2,(H,23,24). The van der Waals surface area contributed by atoms with Crippen LogP contribution < -0.4 is 0 Å². The van der Waals surface area contributed by atoms with Gasteiger partial charge in [0, 0.05) is 11.8 Å². The third-order valence-electron chi connectivity index (χ3n) is 3.89. The zero-order valence-electron chi connectivity index (χ0n) is 13.0. The molecule has 0 radical (unpaired) electrons. The van der Waals surface area contributed by atoms with Crippen LogP contribution in [0.15, 0.2) is 47.4 Å². The number of nitrogens with zero attached hydrogens (tertiary/aromatic N) is 1. The molecule has 7 heteroatoms. The fourth-order valence-corrected chi connectivity index (χ4v) is 3.51. The van der Waals surface area contributed by atoms with Crippen molar-refractivity contribution >= 4 is 22.9 Å². The van der Waals surface area contributed by atoms with Gasteiger partial charge >= 0.3 is 12.1 Å². The number of thiazole rings is 1. The van der Waals surface area contributed by atoms with Gasteiger partial charge in [-0.1, -0.05) is 24.3 Å². The highest BCUT2D eigenvalue weighted by Crippen LogP contribution is 2.38. The fourth-order valence-electron chi connectivity index (χ4n) is 2.67. The number of aromatic nitrogens is 1. The van der Waals surface area contributed by atoms with Crippen LogP contribution in [0.5, 0.6) is 0 Å². The predicted octanol–water partition coefficient (Wildman–Crippen LogP) is 5.10. The maximum Gasteiger partial charge on any atom is 0.416 e. The van der Waals surface area contributed by atoms with E-state index in [2.05, 4.69) is 4.98 Å². The number of aromatic carboxylic acids is 1. The van der Waals surface area contributed by atoms with Crippen molar-refractivity contribution in [1.82, 2.24) is 4.98 Å². The molecule has 0 fully saturated rings. The molecule has 0 aliphatic heterocycles. The van der Waals surface area contributed by atoms with Gasteiger partial charge in [-0.25, -0.2) is 9.78 Å². The van der Waals surface area contributed by atoms with E-state index in [0.717, 1.165) is 11.6 Å². The molecule has 25 heavy (non-hydrogen) atoms. The summed E-state index contributed by atoms with van der Waals surface area (Å²) in [6, 6.07) is 6.38. The normalized spacial score (nSPS) is 14.8. The van der Waals surface area contributed by atoms with Gasteiger partial charge in [0.15, 0.2) is 0 Å². The number of rotatable bonds is 4. The maximum absolute atomic E-state index is 13.2. The van der Waals surface area contributed by atoms with Crippen molar-refractivity contribution < 1.29 is 23.1 Å². The second kappa shape index (κ2) is 6.84. The zero-order chi connectivity index (χ0) is 18.0. The highest BCUT2D eigenvalue weighted by Gasteiger charge is 2.36. The van der Waals surface area contributed by atoms with Gasteiger partial charge < -0.3 is 5.11 Å². The first kappa shape index (κ1) is 17.4. The highest BCUT2D eigenvalue weighted by molar-refractivity contribution is 7.09. The van der Waals surface area contributed by atoms with Gasteiger partial charge in [-0.15, -0.1) is 11.3 Å². The topological polar surface area (TPSA) is 50.2 Å². The molecule has 0 atom stereocenters. The number of halogens is 3. The number of carboxylic acid groups (broad SMARTS) is 1. The summed E-state index contributed by atoms with van der Waals surface area (Å²) >= 11 is 1.31. The van der Waals surface area contributed by atoms with Crippen molar-refractivity contribution in [2.45, 2.75) is 25.4 Å². The second-order valence-electron chi connectivity index (χ2n) is 5.64. The summed E-state index contributed by atoms with van der Waals surface area (Å²) in [5, 5.41) is 11.2. The molecule has 1 N–H and O–H groups in total. The van der Waals surface area contributed by atoms with Gasteiger partial charge in [0.25, 0.3) is 0 Å². The SMILES string of the molecule is O=C(O)c1ccc(Cc2nc(C3=C(C(F)(F)F)C=CCC3)cs2)cc1. The summed E-state index contributed by atoms with van der Waals surface area (Å²) in [6.45, 7) is 0. The number of hydrogen-bond donors (Lipinski definition) is 1. The number of alkyl halides is 3. The summed E-state index contributed by atoms with van der Waals surface area (Å²) in [7, 11) is 0. The number of carboxylic acids is 1. The van der Waals surface area contributed by atoms with E-state index in [1.165, 1.54) is 29.5 Å². The molecular weight excluding hydrogens is 351 g/mol. The molecule has 0 saturated carbocycles. The molecule has 0 bridgehead atoms. The smallest absolute Gasteiger partial charge is 0.416 e. The molecule has 0 amide bonds. The molecule has 2 aromatic rings. The minimum atomic E-state index is -4.39. The molecule has 1 aliphatic rings. The van der Waals surface area contributed by atoms with Crippen LogP contribution in [0, 0.1) is 0 Å². The third kappa shape index (κ3) is 3.99. The largest absolute Gasteiger partial charge is 0.478 e. The highest BCUT2D eigenvalue weighted by atomic mass is 32.1. The number of hydrogen-bond acceptors (Lipinski definition) is 3. The van der Waals surface area contributed by atoms with Gasteiger partial charge in [-0.3, -0.25) is 0 Å². The Kier molecular flexibility index (Phi) is 4.76. The molecular formula is C18H14F3NO2S. The zero-order valence-corrected chi connectivity index (χ0v) is 13.8. The minimum absolute atomic E-state index is 0.192. The van der Waals surface area contributed by atoms with Crippen molar-refractivity contribution in [3.8, 4) is 0 Å². The van der Waals surface area contributed by atoms with E-state index in [9.17, 15) is 18.0 Å². The van der Waals surface area contributed by atoms with Crippen LogP contribution >= 0.6 is 11.3 Å². The Hall–Kier alpha value is -2.41. The van der Waals surface area contributed by atoms with Gasteiger partial charge in [-0.2, -0.15) is 13.2 Å². The fraction of sp³-hybridized carbons (Fsp3) is 0.222. The predicted molar refractivity (Wildman–Crippen MR) is 89.7 cm³/mol. The first-order valence-corrected chi connectivity index (χ1v) is 8.46. The lowest BCUT2D eigenvalue weighted by atomic mass is 9.95. The summed E-state index contributed by atoms with van der Waals surface area (Å²) in [6.07, 6.45) is -0.385. The third-order valence-corrected chi connectivity index (χ3v) is 4.74. The van der Waals surface area contributed by atoms with E-state index in [0.29, 0.717) is 30.0 Å². The molecule has 0 spiro atoms. The Balaban J connectivity index is 1.83. The molecule has 130 valence electrons. The lowest BCUT2D eigenvalue weighted by Crippen LogP contribution is -2.14. The molecule has 1 aromatic heterocycles. The average molecular weight is 365 g/mol. The molecule has 1 aromatic carbocycles. The van der Waals surface area contributed by atoms with Crippen LogP contribution in [-0.2, 0) is 6.42 Å². The molecule has 3 nitrogen and oxygen atoms in total. The van der Waals surface area contributed by atoms with Crippen molar-refractivity contribution in [3.05, 3.63) is 69.2 Å². The Bertz CT molecular complexity index is 848. The maximum atomic E-state index is 13.2. The van der Waals surface area contributed by atoms with E-state index in [-0.39, 0.29) is 11.1 Å². The van der Waals surface area contributed by atoms with Crippen molar-refractivity contribution in [1.29, 1.82) is 0 Å². The van der Waals surface area contributed by atoms with E-state index >= 15 is 0 Å². The van der Waals surface area contributed by atoms with Crippen LogP contribution in [0.3, 0.4) is 0 Å². The summed E-state index contributed by atoms with van der Waals surface area (Å²) in [5.41, 5.74) is 1.04. The quantitative estimate of drug-likeness (QED) is 0.820. The van der Waals surface area contributed by atoms with Crippen LogP contribution in [-0.4, -0.2) is 22.2 Å². The minimum Gasteiger partial charge on any atom is -0.478 e. The molecule has 0 unspecified atom stereocenters. The Morgan fingerprint density at radius 1 is 1.24 bits per heavy atom. The number of allylic oxidation sites excluding steroid dienone is 4. The van der Waals surface area contributed by atoms with Crippen LogP contribution in [0.4, 0.5) is 13.2 Å². The van der Waals surface area contributed by atoms with Crippen LogP contribution in [0.25, 0.3) is 5.57 Å². The summed E-state index contributed by atoms with van der Waals surface area (Å²) in [5.74, 6) is -1.000. The number of benzene rings is 1. The lowest BCUT2D eigenvalue weighted by molar-refractivity contribution is -0.0879. The van der Waals surface area contributed by atoms with E-state index in [1.807, 2.05) is 0 Å². The molecule has 3 rings (SSSR count). The van der Waals surface area contributed by atoms with E-state index < -0.39 is 17.7 Å². The summed E-state index contributed by atoms with van der Waals surface area (Å²) < 4.78 is 39.5. The summed E-state index contributed by atoms with van der Waals surface area (Å²) in [4.78, 5) is 15.2. The Morgan fingerprint density at radius 3 is 2.60 bits per heavy atom. The van der Waals surface area contributed by atoms with Crippen molar-refractivity contribution in [2.24, 2.45) is 0 Å². The van der Waals surface area contributed by atoms with Gasteiger partial charge in [0.2, 0.25) is 0 Å². The van der Waals surface area contributed by atoms with E-state index in [1.54, 1.807) is 17.5 Å². The van der Waals surface area contributed by atoms with Crippen LogP contribution in [0.1, 0.15) is 39.5 Å². The van der Waals surface area contributed by atoms with Gasteiger partial charge in [0.05, 0.1) is 21.8 Å². The van der Waals surface area contributed by atoms with Crippen molar-refractivity contribution in [3.63, 3.8) is 0 Å². The van der Waals surface area contributed by atoms with Crippen molar-refractivity contribution in [2.75, 3.05) is 0 Å². The number of carbonyl (C=O) groups is 1. The van der Waals surface area contributed by atoms with Gasteiger partial charge in [-0.05, 0) is 36.1 Å². The average Bonchev–Trinajstić information content (AvgIpc) is 3.03. The molecule has 0 saturated heterocycles.